The Balaban J connectivity index is 2.72. The molecule has 0 saturated heterocycles. The Morgan fingerprint density at radius 1 is 1.33 bits per heavy atom. The first-order valence-corrected chi connectivity index (χ1v) is 6.05. The first-order chi connectivity index (χ1) is 9.81. The molecule has 21 heavy (non-hydrogen) atoms. The van der Waals surface area contributed by atoms with Crippen LogP contribution < -0.4 is 10.2 Å². The molecule has 1 aromatic rings. The van der Waals surface area contributed by atoms with E-state index in [0.29, 0.717) is 0 Å². The van der Waals surface area contributed by atoms with Crippen LogP contribution >= 0.6 is 0 Å². The van der Waals surface area contributed by atoms with E-state index in [1.165, 1.54) is 25.2 Å². The van der Waals surface area contributed by atoms with E-state index in [1.54, 1.807) is 0 Å². The van der Waals surface area contributed by atoms with Crippen LogP contribution in [0.1, 0.15) is 12.8 Å². The van der Waals surface area contributed by atoms with Gasteiger partial charge in [-0.3, -0.25) is 9.69 Å². The fourth-order valence-corrected chi connectivity index (χ4v) is 1.57. The summed E-state index contributed by atoms with van der Waals surface area (Å²) in [5.41, 5.74) is 0.245. The summed E-state index contributed by atoms with van der Waals surface area (Å²) in [6.07, 6.45) is -0.631. The number of aliphatic carboxylic acids is 2. The molecule has 0 radical (unpaired) electrons. The van der Waals surface area contributed by atoms with Gasteiger partial charge in [-0.2, -0.15) is 0 Å². The number of amides is 2. The summed E-state index contributed by atoms with van der Waals surface area (Å²) in [7, 11) is 1.35. The minimum atomic E-state index is -1.34. The summed E-state index contributed by atoms with van der Waals surface area (Å²) in [6.45, 7) is 0. The molecule has 0 aliphatic rings. The molecule has 2 amide bonds. The first-order valence-electron chi connectivity index (χ1n) is 6.05. The van der Waals surface area contributed by atoms with E-state index in [0.717, 1.165) is 11.0 Å². The van der Waals surface area contributed by atoms with Crippen LogP contribution in [0.15, 0.2) is 24.3 Å². The van der Waals surface area contributed by atoms with Crippen LogP contribution in [0.25, 0.3) is 0 Å². The first kappa shape index (κ1) is 16.4. The van der Waals surface area contributed by atoms with E-state index < -0.39 is 29.8 Å². The normalized spacial score (nSPS) is 11.5. The summed E-state index contributed by atoms with van der Waals surface area (Å²) < 4.78 is 13.1. The third-order valence-corrected chi connectivity index (χ3v) is 2.74. The molecule has 0 aliphatic heterocycles. The number of nitrogens with zero attached hydrogens (tertiary/aromatic N) is 1. The lowest BCUT2D eigenvalue weighted by molar-refractivity contribution is -0.140. The van der Waals surface area contributed by atoms with Crippen LogP contribution in [0.3, 0.4) is 0 Å². The van der Waals surface area contributed by atoms with Crippen molar-refractivity contribution in [3.8, 4) is 0 Å². The van der Waals surface area contributed by atoms with Crippen molar-refractivity contribution in [1.29, 1.82) is 0 Å². The fraction of sp³-hybridized carbons (Fsp3) is 0.308. The van der Waals surface area contributed by atoms with Crippen molar-refractivity contribution >= 4 is 23.7 Å². The van der Waals surface area contributed by atoms with Crippen LogP contribution in [0.4, 0.5) is 14.9 Å². The monoisotopic (exact) mass is 298 g/mol. The molecule has 1 unspecified atom stereocenters. The molecule has 0 fully saturated rings. The van der Waals surface area contributed by atoms with Crippen molar-refractivity contribution < 1.29 is 29.0 Å². The molecular weight excluding hydrogens is 283 g/mol. The number of hydrogen-bond donors (Lipinski definition) is 3. The van der Waals surface area contributed by atoms with Crippen molar-refractivity contribution in [2.24, 2.45) is 0 Å². The quantitative estimate of drug-likeness (QED) is 0.733. The van der Waals surface area contributed by atoms with Gasteiger partial charge in [-0.05, 0) is 24.6 Å². The van der Waals surface area contributed by atoms with Gasteiger partial charge in [0.2, 0.25) is 0 Å². The van der Waals surface area contributed by atoms with E-state index >= 15 is 0 Å². The second kappa shape index (κ2) is 7.22. The number of nitrogens with one attached hydrogen (secondary N) is 1. The highest BCUT2D eigenvalue weighted by atomic mass is 19.1. The predicted molar refractivity (Wildman–Crippen MR) is 71.6 cm³/mol. The molecule has 0 spiro atoms. The summed E-state index contributed by atoms with van der Waals surface area (Å²) in [4.78, 5) is 34.4. The lowest BCUT2D eigenvalue weighted by Gasteiger charge is -2.21. The molecular formula is C13H15FN2O5. The minimum absolute atomic E-state index is 0.243. The summed E-state index contributed by atoms with van der Waals surface area (Å²) in [6, 6.07) is 3.13. The maximum absolute atomic E-state index is 13.1. The molecule has 1 atom stereocenters. The highest BCUT2D eigenvalue weighted by molar-refractivity contribution is 5.94. The second-order valence-corrected chi connectivity index (χ2v) is 4.31. The van der Waals surface area contributed by atoms with Gasteiger partial charge < -0.3 is 15.5 Å². The Bertz CT molecular complexity index is 549. The van der Waals surface area contributed by atoms with Crippen molar-refractivity contribution in [2.75, 3.05) is 11.9 Å². The fourth-order valence-electron chi connectivity index (χ4n) is 1.57. The van der Waals surface area contributed by atoms with Gasteiger partial charge in [0.1, 0.15) is 11.9 Å². The zero-order chi connectivity index (χ0) is 16.0. The maximum Gasteiger partial charge on any atom is 0.326 e. The summed E-state index contributed by atoms with van der Waals surface area (Å²) in [5.74, 6) is -3.03. The molecule has 0 aromatic heterocycles. The molecule has 114 valence electrons. The number of carbonyl (C=O) groups is 3. The molecule has 1 rings (SSSR count). The van der Waals surface area contributed by atoms with E-state index in [2.05, 4.69) is 5.32 Å². The van der Waals surface area contributed by atoms with Crippen LogP contribution in [-0.2, 0) is 9.59 Å². The average Bonchev–Trinajstić information content (AvgIpc) is 2.41. The van der Waals surface area contributed by atoms with Gasteiger partial charge in [0.15, 0.2) is 0 Å². The summed E-state index contributed by atoms with van der Waals surface area (Å²) in [5, 5.41) is 19.7. The van der Waals surface area contributed by atoms with Gasteiger partial charge in [-0.1, -0.05) is 6.07 Å². The van der Waals surface area contributed by atoms with Crippen molar-refractivity contribution in [3.63, 3.8) is 0 Å². The third kappa shape index (κ3) is 5.09. The Kier molecular flexibility index (Phi) is 5.65. The molecule has 0 heterocycles. The third-order valence-electron chi connectivity index (χ3n) is 2.74. The molecule has 1 aromatic carbocycles. The average molecular weight is 298 g/mol. The van der Waals surface area contributed by atoms with Crippen LogP contribution in [0.5, 0.6) is 0 Å². The second-order valence-electron chi connectivity index (χ2n) is 4.31. The molecule has 7 nitrogen and oxygen atoms in total. The zero-order valence-electron chi connectivity index (χ0n) is 11.2. The number of hydrogen-bond acceptors (Lipinski definition) is 3. The Labute approximate surface area is 120 Å². The van der Waals surface area contributed by atoms with Crippen LogP contribution in [-0.4, -0.2) is 41.3 Å². The Hall–Kier alpha value is -2.64. The number of benzene rings is 1. The van der Waals surface area contributed by atoms with Gasteiger partial charge >= 0.3 is 18.0 Å². The predicted octanol–water partition coefficient (Wildman–Crippen LogP) is 1.29. The van der Waals surface area contributed by atoms with E-state index in [4.69, 9.17) is 10.2 Å². The van der Waals surface area contributed by atoms with Crippen molar-refractivity contribution in [3.05, 3.63) is 30.1 Å². The van der Waals surface area contributed by atoms with Gasteiger partial charge in [0, 0.05) is 19.2 Å². The molecule has 0 saturated carbocycles. The Morgan fingerprint density at radius 2 is 2.00 bits per heavy atom. The van der Waals surface area contributed by atoms with Crippen LogP contribution in [0, 0.1) is 5.82 Å². The van der Waals surface area contributed by atoms with Crippen LogP contribution in [0.2, 0.25) is 0 Å². The summed E-state index contributed by atoms with van der Waals surface area (Å²) >= 11 is 0. The van der Waals surface area contributed by atoms with Gasteiger partial charge in [-0.25, -0.2) is 14.0 Å². The Morgan fingerprint density at radius 3 is 2.52 bits per heavy atom. The number of urea groups is 1. The largest absolute Gasteiger partial charge is 0.481 e. The number of carboxylic acids is 2. The zero-order valence-corrected chi connectivity index (χ0v) is 11.2. The van der Waals surface area contributed by atoms with Crippen molar-refractivity contribution in [1.82, 2.24) is 5.32 Å². The van der Waals surface area contributed by atoms with Gasteiger partial charge in [0.25, 0.3) is 0 Å². The van der Waals surface area contributed by atoms with E-state index in [-0.39, 0.29) is 18.5 Å². The van der Waals surface area contributed by atoms with E-state index in [1.807, 2.05) is 0 Å². The minimum Gasteiger partial charge on any atom is -0.481 e. The number of halogens is 1. The number of carboxylic acid groups (broad SMARTS) is 2. The molecule has 3 N–H and O–H groups in total. The molecule has 0 aliphatic carbocycles. The number of anilines is 1. The van der Waals surface area contributed by atoms with Gasteiger partial charge in [-0.15, -0.1) is 0 Å². The molecule has 8 heteroatoms. The van der Waals surface area contributed by atoms with E-state index in [9.17, 15) is 18.8 Å². The topological polar surface area (TPSA) is 107 Å². The standard InChI is InChI=1S/C13H15FN2O5/c1-16(9-4-2-3-8(14)7-9)13(21)15-10(12(19)20)5-6-11(17)18/h2-4,7,10H,5-6H2,1H3,(H,15,21)(H,17,18)(H,19,20). The molecule has 0 bridgehead atoms. The lowest BCUT2D eigenvalue weighted by Crippen LogP contribution is -2.47. The SMILES string of the molecule is CN(C(=O)NC(CCC(=O)O)C(=O)O)c1cccc(F)c1. The smallest absolute Gasteiger partial charge is 0.326 e. The number of carbonyl (C=O) groups excluding carboxylic acids is 1. The number of rotatable bonds is 6. The highest BCUT2D eigenvalue weighted by Gasteiger charge is 2.23. The maximum atomic E-state index is 13.1. The lowest BCUT2D eigenvalue weighted by atomic mass is 10.1. The van der Waals surface area contributed by atoms with Gasteiger partial charge in [0.05, 0.1) is 0 Å². The van der Waals surface area contributed by atoms with Crippen molar-refractivity contribution in [2.45, 2.75) is 18.9 Å². The highest BCUT2D eigenvalue weighted by Crippen LogP contribution is 2.14.